The Labute approximate surface area is 302 Å². The molecule has 0 aliphatic rings. The van der Waals surface area contributed by atoms with Crippen molar-refractivity contribution in [1.29, 1.82) is 0 Å². The third-order valence-electron chi connectivity index (χ3n) is 9.54. The Kier molecular flexibility index (Phi) is 5.08. The van der Waals surface area contributed by atoms with Crippen molar-refractivity contribution in [1.82, 2.24) is 19.5 Å². The van der Waals surface area contributed by atoms with E-state index in [-0.39, 0.29) is 23.5 Å². The van der Waals surface area contributed by atoms with Crippen LogP contribution in [0.25, 0.3) is 104 Å². The van der Waals surface area contributed by atoms with Crippen molar-refractivity contribution < 1.29 is 11.3 Å². The molecule has 0 radical (unpaired) electrons. The zero-order valence-corrected chi connectivity index (χ0v) is 27.5. The van der Waals surface area contributed by atoms with Gasteiger partial charge in [0.2, 0.25) is 0 Å². The van der Waals surface area contributed by atoms with E-state index >= 15 is 0 Å². The lowest BCUT2D eigenvalue weighted by Crippen LogP contribution is -1.99. The SMILES string of the molecule is [2H]c1c([2H])c([2H])c(-c2nc(-c3ccccc3)nc(-c3ccc4c(c3)sc3ccc(-n5c6ccccc6c6c7oc8ccccc8c7ccc65)cc34)n2)c([2H])c1[2H]. The lowest BCUT2D eigenvalue weighted by atomic mass is 10.1. The van der Waals surface area contributed by atoms with E-state index in [1.54, 1.807) is 11.3 Å². The molecule has 0 unspecified atom stereocenters. The standard InChI is InChI=1S/C45H26N4OS/c1-3-11-27(12-4-1)43-46-44(28-13-5-2-6-14-28)48-45(47-43)29-19-21-32-35-26-30(20-24-39(35)51-40(32)25-29)49-36-17-9-7-16-34(36)41-37(49)23-22-33-31-15-8-10-18-38(31)50-42(33)41/h1-26H/i1D,3D,4D,11D,12D. The Balaban J connectivity index is 1.08. The molecule has 0 spiro atoms. The van der Waals surface area contributed by atoms with Crippen molar-refractivity contribution in [3.8, 4) is 39.9 Å². The smallest absolute Gasteiger partial charge is 0.164 e. The molecule has 0 atom stereocenters. The minimum Gasteiger partial charge on any atom is -0.455 e. The molecule has 0 saturated heterocycles. The molecule has 0 amide bonds. The first kappa shape index (κ1) is 23.7. The van der Waals surface area contributed by atoms with Crippen LogP contribution < -0.4 is 0 Å². The highest BCUT2D eigenvalue weighted by Gasteiger charge is 2.19. The van der Waals surface area contributed by atoms with Crippen molar-refractivity contribution >= 4 is 75.3 Å². The van der Waals surface area contributed by atoms with Crippen LogP contribution in [0.1, 0.15) is 6.85 Å². The van der Waals surface area contributed by atoms with Gasteiger partial charge in [0.05, 0.1) is 23.3 Å². The molecule has 4 aromatic heterocycles. The molecular formula is C45H26N4OS. The number of aromatic nitrogens is 4. The molecule has 11 rings (SSSR count). The topological polar surface area (TPSA) is 56.7 Å². The maximum atomic E-state index is 8.63. The van der Waals surface area contributed by atoms with Crippen LogP contribution in [0.4, 0.5) is 0 Å². The zero-order chi connectivity index (χ0) is 37.8. The largest absolute Gasteiger partial charge is 0.455 e. The molecular weight excluding hydrogens is 645 g/mol. The molecule has 0 aliphatic carbocycles. The molecule has 6 heteroatoms. The van der Waals surface area contributed by atoms with Crippen molar-refractivity contribution in [3.63, 3.8) is 0 Å². The first-order chi connectivity index (χ1) is 27.3. The van der Waals surface area contributed by atoms with Crippen LogP contribution >= 0.6 is 11.3 Å². The quantitative estimate of drug-likeness (QED) is 0.186. The Morgan fingerprint density at radius 1 is 0.510 bits per heavy atom. The summed E-state index contributed by atoms with van der Waals surface area (Å²) in [6.45, 7) is 0. The predicted molar refractivity (Wildman–Crippen MR) is 211 cm³/mol. The second-order valence-corrected chi connectivity index (χ2v) is 13.5. The summed E-state index contributed by atoms with van der Waals surface area (Å²) in [6.07, 6.45) is 0. The van der Waals surface area contributed by atoms with Crippen LogP contribution in [0.15, 0.2) is 162 Å². The molecule has 0 N–H and O–H groups in total. The van der Waals surface area contributed by atoms with Gasteiger partial charge in [-0.2, -0.15) is 0 Å². The van der Waals surface area contributed by atoms with Gasteiger partial charge in [-0.05, 0) is 48.5 Å². The van der Waals surface area contributed by atoms with E-state index in [4.69, 9.17) is 21.2 Å². The van der Waals surface area contributed by atoms with Crippen LogP contribution in [-0.4, -0.2) is 19.5 Å². The maximum absolute atomic E-state index is 8.63. The summed E-state index contributed by atoms with van der Waals surface area (Å²) in [6, 6.07) is 40.9. The fourth-order valence-electron chi connectivity index (χ4n) is 7.25. The van der Waals surface area contributed by atoms with E-state index in [9.17, 15) is 0 Å². The lowest BCUT2D eigenvalue weighted by molar-refractivity contribution is 0.673. The molecule has 11 aromatic rings. The molecule has 7 aromatic carbocycles. The highest BCUT2D eigenvalue weighted by molar-refractivity contribution is 7.25. The second-order valence-electron chi connectivity index (χ2n) is 12.5. The highest BCUT2D eigenvalue weighted by atomic mass is 32.1. The fourth-order valence-corrected chi connectivity index (χ4v) is 8.38. The van der Waals surface area contributed by atoms with Crippen LogP contribution in [0, 0.1) is 0 Å². The van der Waals surface area contributed by atoms with Crippen LogP contribution in [0.2, 0.25) is 0 Å². The van der Waals surface area contributed by atoms with E-state index in [0.29, 0.717) is 17.2 Å². The first-order valence-corrected chi connectivity index (χ1v) is 17.3. The molecule has 238 valence electrons. The minimum atomic E-state index is -0.471. The fraction of sp³-hybridized carbons (Fsp3) is 0. The van der Waals surface area contributed by atoms with Gasteiger partial charge in [-0.25, -0.2) is 15.0 Å². The average molecular weight is 676 g/mol. The number of thiophene rings is 1. The van der Waals surface area contributed by atoms with E-state index in [1.165, 1.54) is 0 Å². The van der Waals surface area contributed by atoms with Gasteiger partial charge in [0.15, 0.2) is 17.5 Å². The summed E-state index contributed by atoms with van der Waals surface area (Å²) in [5.41, 5.74) is 6.32. The van der Waals surface area contributed by atoms with Gasteiger partial charge in [-0.15, -0.1) is 11.3 Å². The van der Waals surface area contributed by atoms with Crippen LogP contribution in [0.5, 0.6) is 0 Å². The van der Waals surface area contributed by atoms with Crippen LogP contribution in [-0.2, 0) is 0 Å². The van der Waals surface area contributed by atoms with E-state index in [0.717, 1.165) is 75.2 Å². The Morgan fingerprint density at radius 2 is 1.24 bits per heavy atom. The molecule has 51 heavy (non-hydrogen) atoms. The average Bonchev–Trinajstić information content (AvgIpc) is 3.91. The molecule has 0 bridgehead atoms. The second kappa shape index (κ2) is 10.9. The molecule has 5 nitrogen and oxygen atoms in total. The van der Waals surface area contributed by atoms with Crippen molar-refractivity contribution in [2.75, 3.05) is 0 Å². The Bertz CT molecular complexity index is 3420. The molecule has 4 heterocycles. The van der Waals surface area contributed by atoms with Crippen LogP contribution in [0.3, 0.4) is 0 Å². The zero-order valence-electron chi connectivity index (χ0n) is 31.7. The van der Waals surface area contributed by atoms with Gasteiger partial charge in [0.1, 0.15) is 11.2 Å². The summed E-state index contributed by atoms with van der Waals surface area (Å²) in [5, 5.41) is 6.61. The normalized spacial score (nSPS) is 13.3. The molecule has 0 saturated carbocycles. The number of para-hydroxylation sites is 2. The number of fused-ring (bicyclic) bond motifs is 10. The predicted octanol–water partition coefficient (Wildman–Crippen LogP) is 12.2. The van der Waals surface area contributed by atoms with Gasteiger partial charge in [-0.1, -0.05) is 109 Å². The third-order valence-corrected chi connectivity index (χ3v) is 10.7. The summed E-state index contributed by atoms with van der Waals surface area (Å²) in [7, 11) is 0. The first-order valence-electron chi connectivity index (χ1n) is 19.0. The number of rotatable bonds is 4. The van der Waals surface area contributed by atoms with E-state index in [2.05, 4.69) is 76.3 Å². The van der Waals surface area contributed by atoms with Crippen molar-refractivity contribution in [2.24, 2.45) is 0 Å². The minimum absolute atomic E-state index is 0.0121. The van der Waals surface area contributed by atoms with Gasteiger partial charge in [0.25, 0.3) is 0 Å². The van der Waals surface area contributed by atoms with Gasteiger partial charge in [0, 0.05) is 58.7 Å². The number of nitrogens with zero attached hydrogens (tertiary/aromatic N) is 4. The maximum Gasteiger partial charge on any atom is 0.164 e. The third kappa shape index (κ3) is 4.37. The number of benzene rings is 7. The monoisotopic (exact) mass is 675 g/mol. The van der Waals surface area contributed by atoms with E-state index in [1.807, 2.05) is 60.7 Å². The number of hydrogen-bond acceptors (Lipinski definition) is 5. The summed E-state index contributed by atoms with van der Waals surface area (Å²) >= 11 is 1.67. The number of hydrogen-bond donors (Lipinski definition) is 0. The molecule has 0 aliphatic heterocycles. The van der Waals surface area contributed by atoms with Crippen molar-refractivity contribution in [3.05, 3.63) is 158 Å². The molecule has 0 fully saturated rings. The highest BCUT2D eigenvalue weighted by Crippen LogP contribution is 2.42. The Hall–Kier alpha value is -6.63. The van der Waals surface area contributed by atoms with E-state index < -0.39 is 18.1 Å². The lowest BCUT2D eigenvalue weighted by Gasteiger charge is -2.09. The number of furan rings is 1. The van der Waals surface area contributed by atoms with Gasteiger partial charge < -0.3 is 8.98 Å². The Morgan fingerprint density at radius 3 is 2.10 bits per heavy atom. The summed E-state index contributed by atoms with van der Waals surface area (Å²) in [5.74, 6) is 0.686. The van der Waals surface area contributed by atoms with Crippen molar-refractivity contribution in [2.45, 2.75) is 0 Å². The van der Waals surface area contributed by atoms with Gasteiger partial charge >= 0.3 is 0 Å². The summed E-state index contributed by atoms with van der Waals surface area (Å²) < 4.78 is 52.9. The van der Waals surface area contributed by atoms with Gasteiger partial charge in [-0.3, -0.25) is 0 Å². The summed E-state index contributed by atoms with van der Waals surface area (Å²) in [4.78, 5) is 14.2.